The van der Waals surface area contributed by atoms with Crippen LogP contribution in [0.25, 0.3) is 0 Å². The normalized spacial score (nSPS) is 12.6. The van der Waals surface area contributed by atoms with E-state index < -0.39 is 6.17 Å². The molecule has 0 fully saturated rings. The van der Waals surface area contributed by atoms with Crippen molar-refractivity contribution in [2.24, 2.45) is 0 Å². The second-order valence-electron chi connectivity index (χ2n) is 5.43. The molecule has 0 unspecified atom stereocenters. The topological polar surface area (TPSA) is 0 Å². The third-order valence-corrected chi connectivity index (χ3v) is 3.55. The maximum atomic E-state index is 13.5. The zero-order valence-electron chi connectivity index (χ0n) is 12.4. The van der Waals surface area contributed by atoms with Gasteiger partial charge in [-0.15, -0.1) is 6.58 Å². The number of alkyl halides is 1. The van der Waals surface area contributed by atoms with Gasteiger partial charge in [-0.2, -0.15) is 0 Å². The van der Waals surface area contributed by atoms with Gasteiger partial charge in [0.25, 0.3) is 0 Å². The molecule has 1 heteroatoms. The van der Waals surface area contributed by atoms with E-state index >= 15 is 0 Å². The summed E-state index contributed by atoms with van der Waals surface area (Å²) in [6.07, 6.45) is 16.4. The van der Waals surface area contributed by atoms with E-state index in [9.17, 15) is 4.39 Å². The fourth-order valence-corrected chi connectivity index (χ4v) is 2.30. The maximum absolute atomic E-state index is 13.5. The average Bonchev–Trinajstić information content (AvgIpc) is 2.38. The summed E-state index contributed by atoms with van der Waals surface area (Å²) in [5.41, 5.74) is 0. The van der Waals surface area contributed by atoms with Gasteiger partial charge in [-0.1, -0.05) is 70.8 Å². The molecule has 0 amide bonds. The summed E-state index contributed by atoms with van der Waals surface area (Å²) in [5.74, 6) is 0. The lowest BCUT2D eigenvalue weighted by Crippen LogP contribution is -1.99. The Labute approximate surface area is 114 Å². The minimum atomic E-state index is -0.560. The Bertz CT molecular complexity index is 165. The number of rotatable bonds is 14. The molecule has 108 valence electrons. The standard InChI is InChI=1S/C17H33F/c1-3-5-7-9-10-11-12-14-16-17(18)15-13-8-6-4-2/h4,17H,2-3,5-16H2,1H3/t17-/m1/s1. The van der Waals surface area contributed by atoms with E-state index in [-0.39, 0.29) is 0 Å². The molecule has 0 radical (unpaired) electrons. The molecule has 0 aromatic heterocycles. The quantitative estimate of drug-likeness (QED) is 0.242. The molecule has 0 aliphatic heterocycles. The van der Waals surface area contributed by atoms with Gasteiger partial charge in [0, 0.05) is 0 Å². The lowest BCUT2D eigenvalue weighted by molar-refractivity contribution is 0.280. The van der Waals surface area contributed by atoms with Crippen molar-refractivity contribution in [1.29, 1.82) is 0 Å². The van der Waals surface area contributed by atoms with Crippen LogP contribution in [0.15, 0.2) is 12.7 Å². The lowest BCUT2D eigenvalue weighted by Gasteiger charge is -2.07. The summed E-state index contributed by atoms with van der Waals surface area (Å²) < 4.78 is 13.5. The molecular weight excluding hydrogens is 223 g/mol. The predicted octanol–water partition coefficient (Wildman–Crippen LogP) is 6.60. The SMILES string of the molecule is C=CCCCC[C@@H](F)CCCCCCCCCC. The van der Waals surface area contributed by atoms with Crippen molar-refractivity contribution in [2.75, 3.05) is 0 Å². The summed E-state index contributed by atoms with van der Waals surface area (Å²) in [6.45, 7) is 5.93. The molecule has 0 aromatic carbocycles. The highest BCUT2D eigenvalue weighted by Crippen LogP contribution is 2.15. The predicted molar refractivity (Wildman–Crippen MR) is 80.8 cm³/mol. The van der Waals surface area contributed by atoms with Gasteiger partial charge >= 0.3 is 0 Å². The van der Waals surface area contributed by atoms with Crippen LogP contribution >= 0.6 is 0 Å². The molecule has 0 aliphatic rings. The fourth-order valence-electron chi connectivity index (χ4n) is 2.30. The molecule has 0 bridgehead atoms. The minimum Gasteiger partial charge on any atom is -0.247 e. The fraction of sp³-hybridized carbons (Fsp3) is 0.882. The van der Waals surface area contributed by atoms with Crippen LogP contribution in [0.4, 0.5) is 4.39 Å². The monoisotopic (exact) mass is 256 g/mol. The highest BCUT2D eigenvalue weighted by atomic mass is 19.1. The van der Waals surface area contributed by atoms with Crippen LogP contribution in [0.2, 0.25) is 0 Å². The Morgan fingerprint density at radius 3 is 1.89 bits per heavy atom. The van der Waals surface area contributed by atoms with Crippen molar-refractivity contribution < 1.29 is 4.39 Å². The van der Waals surface area contributed by atoms with Crippen LogP contribution in [0.5, 0.6) is 0 Å². The number of allylic oxidation sites excluding steroid dienone is 1. The van der Waals surface area contributed by atoms with E-state index in [1.54, 1.807) is 0 Å². The van der Waals surface area contributed by atoms with Crippen molar-refractivity contribution in [2.45, 2.75) is 96.6 Å². The van der Waals surface area contributed by atoms with Gasteiger partial charge in [-0.3, -0.25) is 0 Å². The smallest absolute Gasteiger partial charge is 0.100 e. The second kappa shape index (κ2) is 14.7. The summed E-state index contributed by atoms with van der Waals surface area (Å²) in [5, 5.41) is 0. The Balaban J connectivity index is 3.10. The van der Waals surface area contributed by atoms with Gasteiger partial charge in [-0.05, 0) is 25.7 Å². The van der Waals surface area contributed by atoms with E-state index in [0.717, 1.165) is 38.5 Å². The van der Waals surface area contributed by atoms with Gasteiger partial charge < -0.3 is 0 Å². The third kappa shape index (κ3) is 13.7. The van der Waals surface area contributed by atoms with E-state index in [4.69, 9.17) is 0 Å². The maximum Gasteiger partial charge on any atom is 0.100 e. The highest BCUT2D eigenvalue weighted by molar-refractivity contribution is 4.66. The van der Waals surface area contributed by atoms with E-state index in [0.29, 0.717) is 0 Å². The minimum absolute atomic E-state index is 0.560. The van der Waals surface area contributed by atoms with Crippen LogP contribution in [-0.2, 0) is 0 Å². The van der Waals surface area contributed by atoms with Crippen LogP contribution in [-0.4, -0.2) is 6.17 Å². The summed E-state index contributed by atoms with van der Waals surface area (Å²) >= 11 is 0. The van der Waals surface area contributed by atoms with Gasteiger partial charge in [0.1, 0.15) is 6.17 Å². The van der Waals surface area contributed by atoms with Gasteiger partial charge in [0.05, 0.1) is 0 Å². The molecular formula is C17H33F. The summed E-state index contributed by atoms with van der Waals surface area (Å²) in [7, 11) is 0. The highest BCUT2D eigenvalue weighted by Gasteiger charge is 2.05. The second-order valence-corrected chi connectivity index (χ2v) is 5.43. The Morgan fingerprint density at radius 1 is 0.833 bits per heavy atom. The summed E-state index contributed by atoms with van der Waals surface area (Å²) in [4.78, 5) is 0. The molecule has 0 nitrogen and oxygen atoms in total. The first kappa shape index (κ1) is 17.7. The molecule has 0 aromatic rings. The van der Waals surface area contributed by atoms with E-state index in [1.165, 1.54) is 44.9 Å². The zero-order chi connectivity index (χ0) is 13.5. The first-order valence-electron chi connectivity index (χ1n) is 8.06. The van der Waals surface area contributed by atoms with Gasteiger partial charge in [-0.25, -0.2) is 4.39 Å². The molecule has 18 heavy (non-hydrogen) atoms. The first-order valence-corrected chi connectivity index (χ1v) is 8.06. The first-order chi connectivity index (χ1) is 8.81. The summed E-state index contributed by atoms with van der Waals surface area (Å²) in [6, 6.07) is 0. The number of unbranched alkanes of at least 4 members (excludes halogenated alkanes) is 9. The molecule has 0 N–H and O–H groups in total. The lowest BCUT2D eigenvalue weighted by atomic mass is 10.0. The van der Waals surface area contributed by atoms with Gasteiger partial charge in [0.15, 0.2) is 0 Å². The zero-order valence-corrected chi connectivity index (χ0v) is 12.4. The van der Waals surface area contributed by atoms with E-state index in [1.807, 2.05) is 6.08 Å². The Kier molecular flexibility index (Phi) is 14.5. The van der Waals surface area contributed by atoms with Crippen molar-refractivity contribution >= 4 is 0 Å². The molecule has 0 rings (SSSR count). The average molecular weight is 256 g/mol. The molecule has 0 spiro atoms. The number of hydrogen-bond acceptors (Lipinski definition) is 0. The van der Waals surface area contributed by atoms with Crippen molar-refractivity contribution in [3.63, 3.8) is 0 Å². The Morgan fingerprint density at radius 2 is 1.33 bits per heavy atom. The molecule has 0 saturated heterocycles. The van der Waals surface area contributed by atoms with Crippen LogP contribution in [0, 0.1) is 0 Å². The van der Waals surface area contributed by atoms with Crippen LogP contribution in [0.3, 0.4) is 0 Å². The Hall–Kier alpha value is -0.330. The van der Waals surface area contributed by atoms with Gasteiger partial charge in [0.2, 0.25) is 0 Å². The molecule has 1 atom stereocenters. The number of halogens is 1. The van der Waals surface area contributed by atoms with Crippen molar-refractivity contribution in [1.82, 2.24) is 0 Å². The van der Waals surface area contributed by atoms with E-state index in [2.05, 4.69) is 13.5 Å². The number of hydrogen-bond donors (Lipinski definition) is 0. The van der Waals surface area contributed by atoms with Crippen molar-refractivity contribution in [3.8, 4) is 0 Å². The largest absolute Gasteiger partial charge is 0.247 e. The third-order valence-electron chi connectivity index (χ3n) is 3.55. The van der Waals surface area contributed by atoms with Crippen LogP contribution in [0.1, 0.15) is 90.4 Å². The molecule has 0 heterocycles. The van der Waals surface area contributed by atoms with Crippen LogP contribution < -0.4 is 0 Å². The van der Waals surface area contributed by atoms with Crippen molar-refractivity contribution in [3.05, 3.63) is 12.7 Å². The molecule has 0 aliphatic carbocycles. The molecule has 0 saturated carbocycles.